The molecule has 2 rings (SSSR count). The number of carbonyl (C=O) groups is 1. The highest BCUT2D eigenvalue weighted by atomic mass is 32.2. The van der Waals surface area contributed by atoms with E-state index in [4.69, 9.17) is 4.74 Å². The van der Waals surface area contributed by atoms with E-state index >= 15 is 0 Å². The molecule has 0 spiro atoms. The van der Waals surface area contributed by atoms with Crippen LogP contribution in [0.1, 0.15) is 30.1 Å². The Kier molecular flexibility index (Phi) is 7.07. The van der Waals surface area contributed by atoms with Crippen LogP contribution in [0.5, 0.6) is 5.75 Å². The molecule has 9 nitrogen and oxygen atoms in total. The number of unbranched alkanes of at least 4 members (excludes halogenated alkanes) is 1. The Morgan fingerprint density at radius 2 is 1.96 bits per heavy atom. The lowest BCUT2D eigenvalue weighted by Gasteiger charge is -2.11. The molecule has 1 amide bonds. The van der Waals surface area contributed by atoms with Crippen molar-refractivity contribution in [2.75, 3.05) is 19.0 Å². The van der Waals surface area contributed by atoms with E-state index in [0.717, 1.165) is 6.42 Å². The molecule has 2 aromatic rings. The summed E-state index contributed by atoms with van der Waals surface area (Å²) in [5.41, 5.74) is -0.0180. The fourth-order valence-electron chi connectivity index (χ4n) is 2.37. The predicted molar refractivity (Wildman–Crippen MR) is 104 cm³/mol. The van der Waals surface area contributed by atoms with Crippen molar-refractivity contribution in [1.29, 1.82) is 0 Å². The number of rotatable bonds is 9. The average Bonchev–Trinajstić information content (AvgIpc) is 2.68. The summed E-state index contributed by atoms with van der Waals surface area (Å²) in [6, 6.07) is 9.32. The van der Waals surface area contributed by atoms with Crippen molar-refractivity contribution in [2.24, 2.45) is 0 Å². The number of amides is 1. The molecule has 0 heterocycles. The zero-order chi connectivity index (χ0) is 20.7. The molecule has 0 aliphatic carbocycles. The molecule has 0 saturated carbocycles. The first kappa shape index (κ1) is 21.3. The Labute approximate surface area is 162 Å². The second-order valence-electron chi connectivity index (χ2n) is 5.87. The van der Waals surface area contributed by atoms with Crippen LogP contribution in [0.4, 0.5) is 11.4 Å². The molecule has 0 radical (unpaired) electrons. The summed E-state index contributed by atoms with van der Waals surface area (Å²) in [6.45, 7) is 2.25. The lowest BCUT2D eigenvalue weighted by Crippen LogP contribution is -2.25. The summed E-state index contributed by atoms with van der Waals surface area (Å²) in [7, 11) is -2.37. The molecule has 0 bridgehead atoms. The average molecular weight is 407 g/mol. The number of carbonyl (C=O) groups excluding carboxylic acids is 1. The van der Waals surface area contributed by atoms with E-state index in [1.807, 2.05) is 6.92 Å². The maximum atomic E-state index is 12.6. The van der Waals surface area contributed by atoms with Crippen LogP contribution in [0.15, 0.2) is 47.4 Å². The van der Waals surface area contributed by atoms with Crippen molar-refractivity contribution >= 4 is 27.3 Å². The molecular formula is C18H21N3O6S. The van der Waals surface area contributed by atoms with Gasteiger partial charge in [0.05, 0.1) is 22.6 Å². The second kappa shape index (κ2) is 9.29. The number of nitro groups is 1. The maximum Gasteiger partial charge on any atom is 0.271 e. The first-order valence-corrected chi connectivity index (χ1v) is 10.0. The molecule has 2 aromatic carbocycles. The van der Waals surface area contributed by atoms with Gasteiger partial charge in [0.2, 0.25) is 10.0 Å². The van der Waals surface area contributed by atoms with E-state index in [1.54, 1.807) is 0 Å². The summed E-state index contributed by atoms with van der Waals surface area (Å²) in [5, 5.41) is 13.5. The van der Waals surface area contributed by atoms with Crippen molar-refractivity contribution < 1.29 is 22.9 Å². The van der Waals surface area contributed by atoms with Gasteiger partial charge in [0.1, 0.15) is 5.75 Å². The molecule has 10 heteroatoms. The van der Waals surface area contributed by atoms with Gasteiger partial charge in [0, 0.05) is 24.2 Å². The van der Waals surface area contributed by atoms with Gasteiger partial charge in [-0.15, -0.1) is 0 Å². The molecule has 0 aliphatic heterocycles. The van der Waals surface area contributed by atoms with Gasteiger partial charge in [-0.1, -0.05) is 19.4 Å². The number of methoxy groups -OCH3 is 1. The summed E-state index contributed by atoms with van der Waals surface area (Å²) < 4.78 is 32.2. The van der Waals surface area contributed by atoms with Crippen LogP contribution in [0, 0.1) is 10.1 Å². The Balaban J connectivity index is 2.26. The van der Waals surface area contributed by atoms with Crippen LogP contribution < -0.4 is 14.8 Å². The normalized spacial score (nSPS) is 11.1. The largest absolute Gasteiger partial charge is 0.495 e. The van der Waals surface area contributed by atoms with Gasteiger partial charge in [-0.3, -0.25) is 14.9 Å². The van der Waals surface area contributed by atoms with E-state index in [-0.39, 0.29) is 27.6 Å². The number of nitrogens with one attached hydrogen (secondary N) is 2. The monoisotopic (exact) mass is 407 g/mol. The number of nitrogens with zero attached hydrogens (tertiary/aromatic N) is 1. The van der Waals surface area contributed by atoms with Crippen LogP contribution in [0.3, 0.4) is 0 Å². The number of ether oxygens (including phenoxy) is 1. The highest BCUT2D eigenvalue weighted by Gasteiger charge is 2.18. The second-order valence-corrected chi connectivity index (χ2v) is 7.64. The molecular weight excluding hydrogens is 386 g/mol. The predicted octanol–water partition coefficient (Wildman–Crippen LogP) is 2.93. The molecule has 150 valence electrons. The van der Waals surface area contributed by atoms with Crippen LogP contribution >= 0.6 is 0 Å². The summed E-state index contributed by atoms with van der Waals surface area (Å²) >= 11 is 0. The van der Waals surface area contributed by atoms with Crippen molar-refractivity contribution in [3.05, 3.63) is 58.1 Å². The van der Waals surface area contributed by atoms with Crippen molar-refractivity contribution in [1.82, 2.24) is 4.72 Å². The van der Waals surface area contributed by atoms with E-state index in [9.17, 15) is 23.3 Å². The third kappa shape index (κ3) is 5.27. The van der Waals surface area contributed by atoms with Gasteiger partial charge in [-0.25, -0.2) is 13.1 Å². The molecule has 2 N–H and O–H groups in total. The highest BCUT2D eigenvalue weighted by Crippen LogP contribution is 2.29. The number of nitro benzene ring substituents is 1. The summed E-state index contributed by atoms with van der Waals surface area (Å²) in [4.78, 5) is 22.9. The Morgan fingerprint density at radius 3 is 2.61 bits per heavy atom. The van der Waals surface area contributed by atoms with Gasteiger partial charge in [-0.2, -0.15) is 0 Å². The molecule has 0 unspecified atom stereocenters. The lowest BCUT2D eigenvalue weighted by atomic mass is 10.2. The number of hydrogen-bond donors (Lipinski definition) is 2. The molecule has 28 heavy (non-hydrogen) atoms. The number of sulfonamides is 1. The number of anilines is 1. The zero-order valence-corrected chi connectivity index (χ0v) is 16.3. The minimum Gasteiger partial charge on any atom is -0.495 e. The molecule has 0 fully saturated rings. The highest BCUT2D eigenvalue weighted by molar-refractivity contribution is 7.89. The van der Waals surface area contributed by atoms with Gasteiger partial charge < -0.3 is 10.1 Å². The van der Waals surface area contributed by atoms with E-state index in [2.05, 4.69) is 10.0 Å². The number of benzene rings is 2. The van der Waals surface area contributed by atoms with Gasteiger partial charge in [0.15, 0.2) is 0 Å². The Bertz CT molecular complexity index is 975. The number of non-ortho nitro benzene ring substituents is 1. The van der Waals surface area contributed by atoms with E-state index in [1.165, 1.54) is 49.6 Å². The van der Waals surface area contributed by atoms with Gasteiger partial charge in [0.25, 0.3) is 11.6 Å². The van der Waals surface area contributed by atoms with Crippen LogP contribution in [-0.4, -0.2) is 32.9 Å². The topological polar surface area (TPSA) is 128 Å². The minimum absolute atomic E-state index is 0.0396. The lowest BCUT2D eigenvalue weighted by molar-refractivity contribution is -0.384. The third-order valence-electron chi connectivity index (χ3n) is 3.87. The summed E-state index contributed by atoms with van der Waals surface area (Å²) in [6.07, 6.45) is 1.54. The summed E-state index contributed by atoms with van der Waals surface area (Å²) in [5.74, 6) is -0.381. The SMILES string of the molecule is CCCCNS(=O)(=O)c1cccc(C(=O)Nc2cc([N+](=O)[O-])ccc2OC)c1. The first-order chi connectivity index (χ1) is 13.3. The fraction of sp³-hybridized carbons (Fsp3) is 0.278. The maximum absolute atomic E-state index is 12.6. The fourth-order valence-corrected chi connectivity index (χ4v) is 3.49. The Morgan fingerprint density at radius 1 is 1.21 bits per heavy atom. The smallest absolute Gasteiger partial charge is 0.271 e. The van der Waals surface area contributed by atoms with Crippen LogP contribution in [-0.2, 0) is 10.0 Å². The van der Waals surface area contributed by atoms with Crippen LogP contribution in [0.2, 0.25) is 0 Å². The first-order valence-electron chi connectivity index (χ1n) is 8.52. The quantitative estimate of drug-likeness (QED) is 0.374. The molecule has 0 atom stereocenters. The van der Waals surface area contributed by atoms with E-state index in [0.29, 0.717) is 13.0 Å². The van der Waals surface area contributed by atoms with Gasteiger partial charge >= 0.3 is 0 Å². The standard InChI is InChI=1S/C18H21N3O6S/c1-3-4-10-19-28(25,26)15-7-5-6-13(11-15)18(22)20-16-12-14(21(23)24)8-9-17(16)27-2/h5-9,11-12,19H,3-4,10H2,1-2H3,(H,20,22). The van der Waals surface area contributed by atoms with E-state index < -0.39 is 20.9 Å². The van der Waals surface area contributed by atoms with Crippen molar-refractivity contribution in [2.45, 2.75) is 24.7 Å². The third-order valence-corrected chi connectivity index (χ3v) is 5.33. The van der Waals surface area contributed by atoms with Crippen molar-refractivity contribution in [3.8, 4) is 5.75 Å². The molecule has 0 saturated heterocycles. The number of hydrogen-bond acceptors (Lipinski definition) is 6. The zero-order valence-electron chi connectivity index (χ0n) is 15.5. The van der Waals surface area contributed by atoms with Crippen LogP contribution in [0.25, 0.3) is 0 Å². The van der Waals surface area contributed by atoms with Gasteiger partial charge in [-0.05, 0) is 30.7 Å². The minimum atomic E-state index is -3.74. The molecule has 0 aliphatic rings. The Hall–Kier alpha value is -2.98. The van der Waals surface area contributed by atoms with Crippen molar-refractivity contribution in [3.63, 3.8) is 0 Å². The molecule has 0 aromatic heterocycles.